The molecule has 1 atom stereocenters. The van der Waals surface area contributed by atoms with Gasteiger partial charge < -0.3 is 10.2 Å². The number of nitrogens with zero attached hydrogens (tertiary/aromatic N) is 2. The van der Waals surface area contributed by atoms with Gasteiger partial charge in [0.05, 0.1) is 0 Å². The van der Waals surface area contributed by atoms with Crippen LogP contribution in [0.2, 0.25) is 0 Å². The summed E-state index contributed by atoms with van der Waals surface area (Å²) in [6, 6.07) is 12.9. The maximum atomic E-state index is 4.62. The summed E-state index contributed by atoms with van der Waals surface area (Å²) >= 11 is 0. The Kier molecular flexibility index (Phi) is 4.74. The number of nitrogens with one attached hydrogen (secondary N) is 1. The highest BCUT2D eigenvalue weighted by Crippen LogP contribution is 2.31. The minimum atomic E-state index is 0.275. The van der Waals surface area contributed by atoms with Gasteiger partial charge in [0.25, 0.3) is 0 Å². The van der Waals surface area contributed by atoms with E-state index in [9.17, 15) is 0 Å². The van der Waals surface area contributed by atoms with E-state index in [0.717, 1.165) is 12.4 Å². The van der Waals surface area contributed by atoms with E-state index in [4.69, 9.17) is 0 Å². The van der Waals surface area contributed by atoms with E-state index in [1.165, 1.54) is 16.8 Å². The number of pyridine rings is 1. The third kappa shape index (κ3) is 2.83. The predicted octanol–water partition coefficient (Wildman–Crippen LogP) is 3.83. The number of aryl methyl sites for hydroxylation is 1. The highest BCUT2D eigenvalue weighted by molar-refractivity contribution is 5.66. The summed E-state index contributed by atoms with van der Waals surface area (Å²) in [5.41, 5.74) is 3.71. The van der Waals surface area contributed by atoms with Gasteiger partial charge in [-0.3, -0.25) is 0 Å². The van der Waals surface area contributed by atoms with Gasteiger partial charge >= 0.3 is 0 Å². The fraction of sp³-hybridized carbons (Fsp3) is 0.353. The molecular formula is C17H23N3. The predicted molar refractivity (Wildman–Crippen MR) is 85.6 cm³/mol. The van der Waals surface area contributed by atoms with E-state index in [1.807, 2.05) is 19.3 Å². The Morgan fingerprint density at radius 3 is 2.60 bits per heavy atom. The molecule has 0 fully saturated rings. The van der Waals surface area contributed by atoms with Crippen LogP contribution in [0, 0.1) is 6.92 Å². The molecular weight excluding hydrogens is 246 g/mol. The molecule has 0 spiro atoms. The van der Waals surface area contributed by atoms with Crippen molar-refractivity contribution in [1.82, 2.24) is 10.3 Å². The number of para-hydroxylation sites is 1. The summed E-state index contributed by atoms with van der Waals surface area (Å²) < 4.78 is 0. The van der Waals surface area contributed by atoms with Crippen molar-refractivity contribution in [2.24, 2.45) is 0 Å². The number of anilines is 2. The lowest BCUT2D eigenvalue weighted by Gasteiger charge is -2.27. The molecule has 3 nitrogen and oxygen atoms in total. The standard InChI is InChI=1S/C17H23N3/c1-5-20(16-11-7-6-9-13(16)2)17-15(14(3)18-4)10-8-12-19-17/h6-12,14,18H,5H2,1-4H3. The summed E-state index contributed by atoms with van der Waals surface area (Å²) in [7, 11) is 1.98. The maximum absolute atomic E-state index is 4.62. The molecule has 2 rings (SSSR count). The maximum Gasteiger partial charge on any atom is 0.137 e. The van der Waals surface area contributed by atoms with Crippen LogP contribution in [0.1, 0.15) is 31.0 Å². The fourth-order valence-electron chi connectivity index (χ4n) is 2.43. The monoisotopic (exact) mass is 269 g/mol. The molecule has 3 heteroatoms. The summed E-state index contributed by atoms with van der Waals surface area (Å²) in [5, 5.41) is 3.30. The van der Waals surface area contributed by atoms with Crippen molar-refractivity contribution >= 4 is 11.5 Å². The van der Waals surface area contributed by atoms with Crippen LogP contribution in [-0.4, -0.2) is 18.6 Å². The lowest BCUT2D eigenvalue weighted by atomic mass is 10.1. The highest BCUT2D eigenvalue weighted by atomic mass is 15.2. The molecule has 1 heterocycles. The lowest BCUT2D eigenvalue weighted by Crippen LogP contribution is -2.23. The average Bonchev–Trinajstić information content (AvgIpc) is 2.49. The van der Waals surface area contributed by atoms with Crippen LogP contribution < -0.4 is 10.2 Å². The molecule has 0 saturated heterocycles. The molecule has 0 radical (unpaired) electrons. The summed E-state index contributed by atoms with van der Waals surface area (Å²) in [6.07, 6.45) is 1.86. The summed E-state index contributed by atoms with van der Waals surface area (Å²) in [5.74, 6) is 1.03. The number of aromatic nitrogens is 1. The third-order valence-electron chi connectivity index (χ3n) is 3.69. The molecule has 0 saturated carbocycles. The van der Waals surface area contributed by atoms with Crippen molar-refractivity contribution in [1.29, 1.82) is 0 Å². The van der Waals surface area contributed by atoms with E-state index < -0.39 is 0 Å². The van der Waals surface area contributed by atoms with Crippen LogP contribution in [0.4, 0.5) is 11.5 Å². The largest absolute Gasteiger partial charge is 0.326 e. The first-order valence-electron chi connectivity index (χ1n) is 7.14. The van der Waals surface area contributed by atoms with Gasteiger partial charge in [-0.1, -0.05) is 24.3 Å². The molecule has 1 N–H and O–H groups in total. The molecule has 0 bridgehead atoms. The second-order valence-electron chi connectivity index (χ2n) is 4.96. The second kappa shape index (κ2) is 6.53. The van der Waals surface area contributed by atoms with Crippen LogP contribution in [0.3, 0.4) is 0 Å². The molecule has 0 aliphatic carbocycles. The van der Waals surface area contributed by atoms with E-state index in [-0.39, 0.29) is 6.04 Å². The van der Waals surface area contributed by atoms with Crippen LogP contribution >= 0.6 is 0 Å². The Labute approximate surface area is 121 Å². The molecule has 0 aliphatic rings. The number of hydrogen-bond donors (Lipinski definition) is 1. The summed E-state index contributed by atoms with van der Waals surface area (Å²) in [4.78, 5) is 6.90. The van der Waals surface area contributed by atoms with Crippen molar-refractivity contribution in [3.63, 3.8) is 0 Å². The van der Waals surface area contributed by atoms with Gasteiger partial charge in [-0.25, -0.2) is 4.98 Å². The van der Waals surface area contributed by atoms with E-state index in [1.54, 1.807) is 0 Å². The fourth-order valence-corrected chi connectivity index (χ4v) is 2.43. The first kappa shape index (κ1) is 14.5. The third-order valence-corrected chi connectivity index (χ3v) is 3.69. The molecule has 0 amide bonds. The SMILES string of the molecule is CCN(c1ccccc1C)c1ncccc1C(C)NC. The molecule has 2 aromatic rings. The van der Waals surface area contributed by atoms with Gasteiger partial charge in [0.15, 0.2) is 0 Å². The van der Waals surface area contributed by atoms with E-state index in [2.05, 4.69) is 66.3 Å². The molecule has 1 aromatic heterocycles. The first-order valence-corrected chi connectivity index (χ1v) is 7.14. The Balaban J connectivity index is 2.50. The van der Waals surface area contributed by atoms with E-state index in [0.29, 0.717) is 0 Å². The van der Waals surface area contributed by atoms with Gasteiger partial charge in [0.2, 0.25) is 0 Å². The van der Waals surface area contributed by atoms with Gasteiger partial charge in [0.1, 0.15) is 5.82 Å². The molecule has 106 valence electrons. The van der Waals surface area contributed by atoms with Crippen molar-refractivity contribution in [3.8, 4) is 0 Å². The van der Waals surface area contributed by atoms with Gasteiger partial charge in [-0.05, 0) is 45.5 Å². The zero-order valence-corrected chi connectivity index (χ0v) is 12.7. The van der Waals surface area contributed by atoms with E-state index >= 15 is 0 Å². The summed E-state index contributed by atoms with van der Waals surface area (Å²) in [6.45, 7) is 7.36. The van der Waals surface area contributed by atoms with Gasteiger partial charge in [-0.15, -0.1) is 0 Å². The van der Waals surface area contributed by atoms with Crippen molar-refractivity contribution in [2.75, 3.05) is 18.5 Å². The van der Waals surface area contributed by atoms with Gasteiger partial charge in [0, 0.05) is 30.0 Å². The normalized spacial score (nSPS) is 12.2. The minimum Gasteiger partial charge on any atom is -0.326 e. The Morgan fingerprint density at radius 2 is 1.95 bits per heavy atom. The highest BCUT2D eigenvalue weighted by Gasteiger charge is 2.17. The Morgan fingerprint density at radius 1 is 1.20 bits per heavy atom. The van der Waals surface area contributed by atoms with Gasteiger partial charge in [-0.2, -0.15) is 0 Å². The van der Waals surface area contributed by atoms with Crippen LogP contribution in [0.25, 0.3) is 0 Å². The molecule has 0 aliphatic heterocycles. The number of rotatable bonds is 5. The topological polar surface area (TPSA) is 28.2 Å². The number of hydrogen-bond acceptors (Lipinski definition) is 3. The van der Waals surface area contributed by atoms with Crippen LogP contribution in [0.15, 0.2) is 42.6 Å². The van der Waals surface area contributed by atoms with Crippen molar-refractivity contribution in [2.45, 2.75) is 26.8 Å². The van der Waals surface area contributed by atoms with Crippen molar-refractivity contribution < 1.29 is 0 Å². The minimum absolute atomic E-state index is 0.275. The van der Waals surface area contributed by atoms with Crippen LogP contribution in [0.5, 0.6) is 0 Å². The molecule has 1 unspecified atom stereocenters. The second-order valence-corrected chi connectivity index (χ2v) is 4.96. The Bertz CT molecular complexity index is 566. The number of benzene rings is 1. The zero-order chi connectivity index (χ0) is 14.5. The van der Waals surface area contributed by atoms with Crippen LogP contribution in [-0.2, 0) is 0 Å². The smallest absolute Gasteiger partial charge is 0.137 e. The Hall–Kier alpha value is -1.87. The van der Waals surface area contributed by atoms with Crippen molar-refractivity contribution in [3.05, 3.63) is 53.7 Å². The zero-order valence-electron chi connectivity index (χ0n) is 12.7. The molecule has 20 heavy (non-hydrogen) atoms. The lowest BCUT2D eigenvalue weighted by molar-refractivity contribution is 0.648. The molecule has 1 aromatic carbocycles. The average molecular weight is 269 g/mol. The quantitative estimate of drug-likeness (QED) is 0.894. The first-order chi connectivity index (χ1) is 9.69.